The van der Waals surface area contributed by atoms with Gasteiger partial charge in [0.05, 0.1) is 16.9 Å². The number of likely N-dealkylation sites (tertiary alicyclic amines) is 1. The molecule has 1 saturated heterocycles. The van der Waals surface area contributed by atoms with Crippen LogP contribution in [-0.4, -0.2) is 42.8 Å². The number of hydrogen-bond acceptors (Lipinski definition) is 3. The Kier molecular flexibility index (Phi) is 7.32. The Balaban J connectivity index is 1.48. The third-order valence-corrected chi connectivity index (χ3v) is 9.95. The average Bonchev–Trinajstić information content (AvgIpc) is 2.68. The molecule has 1 saturated carbocycles. The van der Waals surface area contributed by atoms with Crippen LogP contribution in [0, 0.1) is 11.8 Å². The first-order chi connectivity index (χ1) is 14.0. The van der Waals surface area contributed by atoms with Crippen molar-refractivity contribution in [1.29, 1.82) is 0 Å². The fourth-order valence-electron chi connectivity index (χ4n) is 4.70. The predicted octanol–water partition coefficient (Wildman–Crippen LogP) is 4.97. The lowest BCUT2D eigenvalue weighted by Crippen LogP contribution is -2.42. The molecule has 1 aliphatic carbocycles. The summed E-state index contributed by atoms with van der Waals surface area (Å²) in [5, 5.41) is 0. The average molecular weight is 434 g/mol. The van der Waals surface area contributed by atoms with Crippen molar-refractivity contribution >= 4 is 15.7 Å². The van der Waals surface area contributed by atoms with E-state index >= 15 is 0 Å². The van der Waals surface area contributed by atoms with Gasteiger partial charge in [0.15, 0.2) is 9.84 Å². The molecule has 1 amide bonds. The maximum absolute atomic E-state index is 12.7. The number of sulfone groups is 1. The molecule has 3 rings (SSSR count). The molecule has 0 bridgehead atoms. The van der Waals surface area contributed by atoms with Gasteiger partial charge in [0.25, 0.3) is 0 Å². The van der Waals surface area contributed by atoms with Gasteiger partial charge in [0, 0.05) is 13.1 Å². The van der Waals surface area contributed by atoms with E-state index in [1.165, 1.54) is 31.2 Å². The van der Waals surface area contributed by atoms with E-state index < -0.39 is 14.6 Å². The van der Waals surface area contributed by atoms with Gasteiger partial charge < -0.3 is 4.90 Å². The van der Waals surface area contributed by atoms with Gasteiger partial charge in [-0.25, -0.2) is 8.42 Å². The minimum Gasteiger partial charge on any atom is -0.342 e. The van der Waals surface area contributed by atoms with Crippen molar-refractivity contribution < 1.29 is 13.2 Å². The van der Waals surface area contributed by atoms with Gasteiger partial charge in [0.2, 0.25) is 5.91 Å². The van der Waals surface area contributed by atoms with Crippen LogP contribution in [0.15, 0.2) is 24.3 Å². The highest BCUT2D eigenvalue weighted by atomic mass is 32.2. The van der Waals surface area contributed by atoms with E-state index in [1.807, 2.05) is 4.90 Å². The van der Waals surface area contributed by atoms with Gasteiger partial charge in [0.1, 0.15) is 0 Å². The molecule has 1 heterocycles. The summed E-state index contributed by atoms with van der Waals surface area (Å²) in [7, 11) is -3.10. The standard InChI is InChI=1S/C25H39NO3S/c1-19-5-9-22(10-6-19)23-11-7-20(8-12-23)17-24(27)26-15-13-21(14-16-26)18-30(28,29)25(2,3)4/h7-8,11-12,19,21-22H,5-6,9-10,13-18H2,1-4H3. The topological polar surface area (TPSA) is 54.5 Å². The van der Waals surface area contributed by atoms with Gasteiger partial charge in [-0.15, -0.1) is 0 Å². The lowest BCUT2D eigenvalue weighted by atomic mass is 9.79. The number of piperidine rings is 1. The Hall–Kier alpha value is -1.36. The lowest BCUT2D eigenvalue weighted by molar-refractivity contribution is -0.131. The van der Waals surface area contributed by atoms with E-state index in [2.05, 4.69) is 31.2 Å². The van der Waals surface area contributed by atoms with Crippen molar-refractivity contribution in [3.63, 3.8) is 0 Å². The normalized spacial score (nSPS) is 24.1. The van der Waals surface area contributed by atoms with Crippen LogP contribution >= 0.6 is 0 Å². The zero-order chi connectivity index (χ0) is 21.9. The Labute approximate surface area is 183 Å². The zero-order valence-electron chi connectivity index (χ0n) is 19.2. The van der Waals surface area contributed by atoms with Crippen LogP contribution in [0.5, 0.6) is 0 Å². The molecule has 0 atom stereocenters. The Morgan fingerprint density at radius 3 is 2.07 bits per heavy atom. The quantitative estimate of drug-likeness (QED) is 0.658. The van der Waals surface area contributed by atoms with Gasteiger partial charge in [-0.1, -0.05) is 44.0 Å². The van der Waals surface area contributed by atoms with Crippen molar-refractivity contribution in [2.45, 2.75) is 83.3 Å². The van der Waals surface area contributed by atoms with E-state index in [-0.39, 0.29) is 17.6 Å². The molecular weight excluding hydrogens is 394 g/mol. The minimum atomic E-state index is -3.10. The fraction of sp³-hybridized carbons (Fsp3) is 0.720. The highest BCUT2D eigenvalue weighted by Gasteiger charge is 2.33. The van der Waals surface area contributed by atoms with Crippen LogP contribution in [-0.2, 0) is 21.1 Å². The fourth-order valence-corrected chi connectivity index (χ4v) is 6.15. The zero-order valence-corrected chi connectivity index (χ0v) is 20.0. The highest BCUT2D eigenvalue weighted by molar-refractivity contribution is 7.92. The summed E-state index contributed by atoms with van der Waals surface area (Å²) >= 11 is 0. The minimum absolute atomic E-state index is 0.159. The number of rotatable bonds is 5. The number of carbonyl (C=O) groups excluding carboxylic acids is 1. The molecule has 0 N–H and O–H groups in total. The van der Waals surface area contributed by atoms with E-state index in [0.717, 1.165) is 24.3 Å². The molecule has 0 aromatic heterocycles. The molecule has 4 nitrogen and oxygen atoms in total. The van der Waals surface area contributed by atoms with Crippen LogP contribution in [0.2, 0.25) is 0 Å². The van der Waals surface area contributed by atoms with E-state index in [9.17, 15) is 13.2 Å². The van der Waals surface area contributed by atoms with Crippen molar-refractivity contribution in [1.82, 2.24) is 4.90 Å². The highest BCUT2D eigenvalue weighted by Crippen LogP contribution is 2.35. The first-order valence-corrected chi connectivity index (χ1v) is 13.3. The summed E-state index contributed by atoms with van der Waals surface area (Å²) in [4.78, 5) is 14.7. The summed E-state index contributed by atoms with van der Waals surface area (Å²) in [6, 6.07) is 8.67. The van der Waals surface area contributed by atoms with Gasteiger partial charge in [-0.05, 0) is 75.3 Å². The summed E-state index contributed by atoms with van der Waals surface area (Å²) in [6.07, 6.45) is 7.18. The van der Waals surface area contributed by atoms with Crippen LogP contribution in [0.4, 0.5) is 0 Å². The second-order valence-corrected chi connectivity index (χ2v) is 13.4. The number of amides is 1. The Morgan fingerprint density at radius 1 is 0.967 bits per heavy atom. The summed E-state index contributed by atoms with van der Waals surface area (Å²) in [6.45, 7) is 8.98. The van der Waals surface area contributed by atoms with Crippen LogP contribution in [0.1, 0.15) is 83.3 Å². The third-order valence-electron chi connectivity index (χ3n) is 7.18. The second-order valence-electron chi connectivity index (χ2n) is 10.6. The van der Waals surface area contributed by atoms with E-state index in [1.54, 1.807) is 20.8 Å². The predicted molar refractivity (Wildman–Crippen MR) is 123 cm³/mol. The second kappa shape index (κ2) is 9.42. The van der Waals surface area contributed by atoms with Crippen LogP contribution in [0.25, 0.3) is 0 Å². The largest absolute Gasteiger partial charge is 0.342 e. The lowest BCUT2D eigenvalue weighted by Gasteiger charge is -2.33. The molecule has 1 aromatic rings. The maximum Gasteiger partial charge on any atom is 0.226 e. The number of hydrogen-bond donors (Lipinski definition) is 0. The molecule has 1 aliphatic heterocycles. The van der Waals surface area contributed by atoms with Crippen molar-refractivity contribution in [3.05, 3.63) is 35.4 Å². The summed E-state index contributed by atoms with van der Waals surface area (Å²) in [5.41, 5.74) is 2.49. The molecule has 0 unspecified atom stereocenters. The van der Waals surface area contributed by atoms with Crippen molar-refractivity contribution in [2.24, 2.45) is 11.8 Å². The summed E-state index contributed by atoms with van der Waals surface area (Å²) in [5.74, 6) is 2.09. The number of benzene rings is 1. The van der Waals surface area contributed by atoms with Crippen molar-refractivity contribution in [2.75, 3.05) is 18.8 Å². The van der Waals surface area contributed by atoms with Gasteiger partial charge in [-0.2, -0.15) is 0 Å². The molecule has 1 aromatic carbocycles. The Bertz CT molecular complexity index is 807. The number of nitrogens with zero attached hydrogens (tertiary/aromatic N) is 1. The third kappa shape index (κ3) is 5.87. The van der Waals surface area contributed by atoms with E-state index in [4.69, 9.17) is 0 Å². The molecule has 2 fully saturated rings. The Morgan fingerprint density at radius 2 is 1.53 bits per heavy atom. The first-order valence-electron chi connectivity index (χ1n) is 11.6. The molecular formula is C25H39NO3S. The number of carbonyl (C=O) groups is 1. The molecule has 0 radical (unpaired) electrons. The van der Waals surface area contributed by atoms with E-state index in [0.29, 0.717) is 25.4 Å². The molecule has 30 heavy (non-hydrogen) atoms. The first kappa shape index (κ1) is 23.3. The van der Waals surface area contributed by atoms with Gasteiger partial charge >= 0.3 is 0 Å². The van der Waals surface area contributed by atoms with Crippen LogP contribution < -0.4 is 0 Å². The molecule has 2 aliphatic rings. The molecule has 0 spiro atoms. The monoisotopic (exact) mass is 433 g/mol. The van der Waals surface area contributed by atoms with Gasteiger partial charge in [-0.3, -0.25) is 4.79 Å². The smallest absolute Gasteiger partial charge is 0.226 e. The van der Waals surface area contributed by atoms with Crippen molar-refractivity contribution in [3.8, 4) is 0 Å². The van der Waals surface area contributed by atoms with Crippen LogP contribution in [0.3, 0.4) is 0 Å². The molecule has 168 valence electrons. The molecule has 5 heteroatoms. The SMILES string of the molecule is CC1CCC(c2ccc(CC(=O)N3CCC(CS(=O)(=O)C(C)(C)C)CC3)cc2)CC1. The summed E-state index contributed by atoms with van der Waals surface area (Å²) < 4.78 is 24.2. The maximum atomic E-state index is 12.7.